The first-order chi connectivity index (χ1) is 15.1. The molecule has 1 unspecified atom stereocenters. The van der Waals surface area contributed by atoms with Crippen LogP contribution in [-0.4, -0.2) is 38.5 Å². The van der Waals surface area contributed by atoms with E-state index < -0.39 is 17.3 Å². The standard InChI is InChI=1S/C24H28N2O6/c1-16(2)32-24(3,22(28)29)15-17-9-11-18(12-10-17)31-14-13-26-21(27)19-7-5-6-8-20(19)25(4)23(26)30/h5-12,16H,13-15H2,1-4H3,(H,28,29). The summed E-state index contributed by atoms with van der Waals surface area (Å²) in [7, 11) is 1.63. The molecule has 1 atom stereocenters. The van der Waals surface area contributed by atoms with Gasteiger partial charge in [-0.3, -0.25) is 13.9 Å². The first-order valence-corrected chi connectivity index (χ1v) is 10.4. The predicted octanol–water partition coefficient (Wildman–Crippen LogP) is 2.59. The highest BCUT2D eigenvalue weighted by Gasteiger charge is 2.35. The zero-order valence-electron chi connectivity index (χ0n) is 18.7. The van der Waals surface area contributed by atoms with Crippen molar-refractivity contribution in [3.05, 3.63) is 74.9 Å². The molecule has 0 aliphatic heterocycles. The molecule has 8 nitrogen and oxygen atoms in total. The van der Waals surface area contributed by atoms with Crippen molar-refractivity contribution in [1.82, 2.24) is 9.13 Å². The average Bonchev–Trinajstić information content (AvgIpc) is 2.75. The summed E-state index contributed by atoms with van der Waals surface area (Å²) in [4.78, 5) is 36.9. The average molecular weight is 440 g/mol. The van der Waals surface area contributed by atoms with E-state index in [-0.39, 0.29) is 31.2 Å². The van der Waals surface area contributed by atoms with Crippen molar-refractivity contribution in [3.63, 3.8) is 0 Å². The zero-order chi connectivity index (χ0) is 23.5. The molecule has 0 spiro atoms. The molecule has 0 saturated heterocycles. The third kappa shape index (κ3) is 4.91. The third-order valence-corrected chi connectivity index (χ3v) is 5.26. The van der Waals surface area contributed by atoms with Crippen LogP contribution < -0.4 is 16.0 Å². The van der Waals surface area contributed by atoms with Crippen molar-refractivity contribution in [3.8, 4) is 5.75 Å². The Labute approximate surface area is 185 Å². The molecule has 8 heteroatoms. The number of para-hydroxylation sites is 1. The minimum Gasteiger partial charge on any atom is -0.492 e. The lowest BCUT2D eigenvalue weighted by atomic mass is 9.96. The molecule has 0 bridgehead atoms. The summed E-state index contributed by atoms with van der Waals surface area (Å²) in [6.45, 7) is 5.40. The van der Waals surface area contributed by atoms with Gasteiger partial charge in [-0.25, -0.2) is 9.59 Å². The van der Waals surface area contributed by atoms with E-state index in [1.807, 2.05) is 0 Å². The van der Waals surface area contributed by atoms with Gasteiger partial charge >= 0.3 is 11.7 Å². The second-order valence-corrected chi connectivity index (χ2v) is 8.19. The highest BCUT2D eigenvalue weighted by Crippen LogP contribution is 2.22. The molecule has 170 valence electrons. The quantitative estimate of drug-likeness (QED) is 0.549. The fourth-order valence-corrected chi connectivity index (χ4v) is 3.70. The normalized spacial score (nSPS) is 13.3. The fraction of sp³-hybridized carbons (Fsp3) is 0.375. The molecule has 1 heterocycles. The minimum atomic E-state index is -1.33. The van der Waals surface area contributed by atoms with Crippen LogP contribution in [0.25, 0.3) is 10.9 Å². The van der Waals surface area contributed by atoms with Gasteiger partial charge in [0, 0.05) is 13.5 Å². The van der Waals surface area contributed by atoms with Gasteiger partial charge in [0.15, 0.2) is 5.60 Å². The topological polar surface area (TPSA) is 99.8 Å². The Morgan fingerprint density at radius 2 is 1.75 bits per heavy atom. The van der Waals surface area contributed by atoms with Crippen molar-refractivity contribution in [1.29, 1.82) is 0 Å². The van der Waals surface area contributed by atoms with E-state index in [0.717, 1.165) is 10.1 Å². The van der Waals surface area contributed by atoms with Crippen molar-refractivity contribution in [2.45, 2.75) is 45.4 Å². The summed E-state index contributed by atoms with van der Waals surface area (Å²) < 4.78 is 13.9. The molecule has 0 aliphatic carbocycles. The van der Waals surface area contributed by atoms with E-state index in [1.54, 1.807) is 76.3 Å². The Hall–Kier alpha value is -3.39. The lowest BCUT2D eigenvalue weighted by Crippen LogP contribution is -2.42. The summed E-state index contributed by atoms with van der Waals surface area (Å²) in [5.74, 6) is -0.463. The van der Waals surface area contributed by atoms with Gasteiger partial charge in [0.05, 0.1) is 23.6 Å². The molecule has 1 aromatic heterocycles. The number of carboxylic acid groups (broad SMARTS) is 1. The molecule has 0 amide bonds. The maximum atomic E-state index is 12.7. The Balaban J connectivity index is 1.69. The van der Waals surface area contributed by atoms with Gasteiger partial charge in [0.1, 0.15) is 12.4 Å². The molecule has 3 rings (SSSR count). The molecule has 0 aliphatic rings. The summed E-state index contributed by atoms with van der Waals surface area (Å²) in [6.07, 6.45) is -0.00604. The van der Waals surface area contributed by atoms with Gasteiger partial charge in [-0.2, -0.15) is 0 Å². The van der Waals surface area contributed by atoms with Gasteiger partial charge in [0.25, 0.3) is 5.56 Å². The van der Waals surface area contributed by atoms with Gasteiger partial charge in [-0.1, -0.05) is 24.3 Å². The van der Waals surface area contributed by atoms with Gasteiger partial charge in [-0.05, 0) is 50.6 Å². The number of rotatable bonds is 9. The largest absolute Gasteiger partial charge is 0.492 e. The number of aryl methyl sites for hydroxylation is 1. The number of aliphatic carboxylic acids is 1. The molecular formula is C24H28N2O6. The van der Waals surface area contributed by atoms with E-state index in [0.29, 0.717) is 16.7 Å². The molecule has 1 N–H and O–H groups in total. The maximum Gasteiger partial charge on any atom is 0.336 e. The number of benzene rings is 2. The number of ether oxygens (including phenoxy) is 2. The predicted molar refractivity (Wildman–Crippen MR) is 121 cm³/mol. The smallest absolute Gasteiger partial charge is 0.336 e. The Kier molecular flexibility index (Phi) is 6.84. The molecule has 32 heavy (non-hydrogen) atoms. The van der Waals surface area contributed by atoms with E-state index >= 15 is 0 Å². The monoisotopic (exact) mass is 440 g/mol. The Morgan fingerprint density at radius 1 is 1.09 bits per heavy atom. The summed E-state index contributed by atoms with van der Waals surface area (Å²) in [5, 5.41) is 10.0. The van der Waals surface area contributed by atoms with Crippen molar-refractivity contribution in [2.75, 3.05) is 6.61 Å². The van der Waals surface area contributed by atoms with Gasteiger partial charge in [-0.15, -0.1) is 0 Å². The maximum absolute atomic E-state index is 12.7. The Bertz CT molecular complexity index is 1230. The second kappa shape index (κ2) is 9.40. The zero-order valence-corrected chi connectivity index (χ0v) is 18.7. The van der Waals surface area contributed by atoms with Crippen molar-refractivity contribution in [2.24, 2.45) is 7.05 Å². The number of nitrogens with zero attached hydrogens (tertiary/aromatic N) is 2. The molecule has 2 aromatic carbocycles. The van der Waals surface area contributed by atoms with E-state index in [9.17, 15) is 19.5 Å². The summed E-state index contributed by atoms with van der Waals surface area (Å²) in [6, 6.07) is 14.0. The van der Waals surface area contributed by atoms with E-state index in [4.69, 9.17) is 9.47 Å². The Morgan fingerprint density at radius 3 is 2.38 bits per heavy atom. The van der Waals surface area contributed by atoms with Crippen LogP contribution in [0.15, 0.2) is 58.1 Å². The van der Waals surface area contributed by atoms with E-state index in [1.165, 1.54) is 4.57 Å². The molecule has 3 aromatic rings. The van der Waals surface area contributed by atoms with Gasteiger partial charge < -0.3 is 14.6 Å². The lowest BCUT2D eigenvalue weighted by molar-refractivity contribution is -0.168. The number of carboxylic acids is 1. The number of fused-ring (bicyclic) bond motifs is 1. The van der Waals surface area contributed by atoms with Crippen LogP contribution in [0.1, 0.15) is 26.3 Å². The van der Waals surface area contributed by atoms with Crippen molar-refractivity contribution < 1.29 is 19.4 Å². The molecule has 0 radical (unpaired) electrons. The van der Waals surface area contributed by atoms with Gasteiger partial charge in [0.2, 0.25) is 0 Å². The van der Waals surface area contributed by atoms with Crippen LogP contribution in [0.2, 0.25) is 0 Å². The number of hydrogen-bond acceptors (Lipinski definition) is 5. The van der Waals surface area contributed by atoms with Crippen molar-refractivity contribution >= 4 is 16.9 Å². The number of carbonyl (C=O) groups is 1. The second-order valence-electron chi connectivity index (χ2n) is 8.19. The molecule has 0 fully saturated rings. The molecule has 0 saturated carbocycles. The fourth-order valence-electron chi connectivity index (χ4n) is 3.70. The molecular weight excluding hydrogens is 412 g/mol. The number of aromatic nitrogens is 2. The number of hydrogen-bond donors (Lipinski definition) is 1. The highest BCUT2D eigenvalue weighted by molar-refractivity contribution is 5.78. The van der Waals surface area contributed by atoms with Crippen LogP contribution in [-0.2, 0) is 29.5 Å². The minimum absolute atomic E-state index is 0.109. The van der Waals surface area contributed by atoms with Crippen LogP contribution in [0.5, 0.6) is 5.75 Å². The van der Waals surface area contributed by atoms with Crippen LogP contribution in [0.4, 0.5) is 0 Å². The highest BCUT2D eigenvalue weighted by atomic mass is 16.5. The third-order valence-electron chi connectivity index (χ3n) is 5.26. The first kappa shape index (κ1) is 23.3. The first-order valence-electron chi connectivity index (χ1n) is 10.4. The summed E-state index contributed by atoms with van der Waals surface area (Å²) >= 11 is 0. The van der Waals surface area contributed by atoms with Crippen LogP contribution >= 0.6 is 0 Å². The van der Waals surface area contributed by atoms with Crippen LogP contribution in [0.3, 0.4) is 0 Å². The SMILES string of the molecule is CC(C)OC(C)(Cc1ccc(OCCn2c(=O)c3ccccc3n(C)c2=O)cc1)C(=O)O. The van der Waals surface area contributed by atoms with Crippen LogP contribution in [0, 0.1) is 0 Å². The summed E-state index contributed by atoms with van der Waals surface area (Å²) in [5.41, 5.74) is -0.688. The lowest BCUT2D eigenvalue weighted by Gasteiger charge is -2.27. The van der Waals surface area contributed by atoms with E-state index in [2.05, 4.69) is 0 Å².